The molecule has 4 heteroatoms. The van der Waals surface area contributed by atoms with Gasteiger partial charge in [0.05, 0.1) is 0 Å². The first-order valence-corrected chi connectivity index (χ1v) is 5.22. The SMILES string of the molecule is CCCN1C(=O)C(CC)NC(=O)C1C. The molecule has 2 atom stereocenters. The summed E-state index contributed by atoms with van der Waals surface area (Å²) in [5.41, 5.74) is 0. The number of nitrogens with zero attached hydrogens (tertiary/aromatic N) is 1. The van der Waals surface area contributed by atoms with Crippen LogP contribution in [-0.2, 0) is 9.59 Å². The van der Waals surface area contributed by atoms with Crippen molar-refractivity contribution in [3.8, 4) is 0 Å². The molecule has 0 aromatic rings. The molecule has 1 rings (SSSR count). The van der Waals surface area contributed by atoms with E-state index in [1.165, 1.54) is 0 Å². The number of piperazine rings is 1. The van der Waals surface area contributed by atoms with Crippen LogP contribution in [0.1, 0.15) is 33.6 Å². The van der Waals surface area contributed by atoms with Crippen LogP contribution in [0.25, 0.3) is 0 Å². The molecule has 1 saturated heterocycles. The minimum Gasteiger partial charge on any atom is -0.343 e. The van der Waals surface area contributed by atoms with Crippen LogP contribution >= 0.6 is 0 Å². The number of nitrogens with one attached hydrogen (secondary N) is 1. The van der Waals surface area contributed by atoms with Gasteiger partial charge in [-0.05, 0) is 19.8 Å². The first kappa shape index (κ1) is 11.0. The van der Waals surface area contributed by atoms with Gasteiger partial charge in [0.25, 0.3) is 0 Å². The maximum atomic E-state index is 11.8. The van der Waals surface area contributed by atoms with Crippen LogP contribution in [0.3, 0.4) is 0 Å². The van der Waals surface area contributed by atoms with Crippen LogP contribution in [-0.4, -0.2) is 35.3 Å². The highest BCUT2D eigenvalue weighted by Crippen LogP contribution is 2.11. The van der Waals surface area contributed by atoms with Gasteiger partial charge in [0.2, 0.25) is 11.8 Å². The fourth-order valence-corrected chi connectivity index (χ4v) is 1.71. The summed E-state index contributed by atoms with van der Waals surface area (Å²) < 4.78 is 0. The molecule has 1 aliphatic rings. The third-order valence-electron chi connectivity index (χ3n) is 2.62. The summed E-state index contributed by atoms with van der Waals surface area (Å²) in [4.78, 5) is 25.0. The standard InChI is InChI=1S/C10H18N2O2/c1-4-6-12-7(3)9(13)11-8(5-2)10(12)14/h7-8H,4-6H2,1-3H3,(H,11,13). The average Bonchev–Trinajstić information content (AvgIpc) is 2.18. The van der Waals surface area contributed by atoms with Gasteiger partial charge >= 0.3 is 0 Å². The Bertz CT molecular complexity index is 240. The topological polar surface area (TPSA) is 49.4 Å². The third kappa shape index (κ3) is 1.89. The number of amides is 2. The minimum absolute atomic E-state index is 0.0371. The Labute approximate surface area is 84.7 Å². The highest BCUT2D eigenvalue weighted by molar-refractivity contribution is 5.96. The van der Waals surface area contributed by atoms with Gasteiger partial charge in [0.1, 0.15) is 12.1 Å². The largest absolute Gasteiger partial charge is 0.343 e. The van der Waals surface area contributed by atoms with Gasteiger partial charge in [0, 0.05) is 6.54 Å². The number of rotatable bonds is 3. The van der Waals surface area contributed by atoms with E-state index in [1.54, 1.807) is 11.8 Å². The smallest absolute Gasteiger partial charge is 0.245 e. The average molecular weight is 198 g/mol. The molecule has 0 aliphatic carbocycles. The van der Waals surface area contributed by atoms with Crippen LogP contribution in [0.4, 0.5) is 0 Å². The Hall–Kier alpha value is -1.06. The van der Waals surface area contributed by atoms with E-state index in [-0.39, 0.29) is 23.9 Å². The summed E-state index contributed by atoms with van der Waals surface area (Å²) in [5.74, 6) is 0.0198. The fourth-order valence-electron chi connectivity index (χ4n) is 1.71. The van der Waals surface area contributed by atoms with Crippen LogP contribution < -0.4 is 5.32 Å². The van der Waals surface area contributed by atoms with Crippen molar-refractivity contribution in [3.63, 3.8) is 0 Å². The van der Waals surface area contributed by atoms with Gasteiger partial charge in [0.15, 0.2) is 0 Å². The minimum atomic E-state index is -0.315. The first-order valence-electron chi connectivity index (χ1n) is 5.22. The lowest BCUT2D eigenvalue weighted by Gasteiger charge is -2.36. The molecule has 0 aromatic carbocycles. The molecule has 1 aliphatic heterocycles. The molecule has 2 unspecified atom stereocenters. The molecule has 1 fully saturated rings. The Morgan fingerprint density at radius 2 is 2.00 bits per heavy atom. The van der Waals surface area contributed by atoms with Crippen molar-refractivity contribution in [1.29, 1.82) is 0 Å². The molecule has 14 heavy (non-hydrogen) atoms. The monoisotopic (exact) mass is 198 g/mol. The highest BCUT2D eigenvalue weighted by atomic mass is 16.2. The molecule has 0 radical (unpaired) electrons. The van der Waals surface area contributed by atoms with E-state index in [4.69, 9.17) is 0 Å². The van der Waals surface area contributed by atoms with Crippen molar-refractivity contribution in [2.75, 3.05) is 6.54 Å². The molecule has 80 valence electrons. The Kier molecular flexibility index (Phi) is 3.49. The Morgan fingerprint density at radius 1 is 1.36 bits per heavy atom. The maximum Gasteiger partial charge on any atom is 0.245 e. The summed E-state index contributed by atoms with van der Waals surface area (Å²) in [7, 11) is 0. The zero-order chi connectivity index (χ0) is 10.7. The fraction of sp³-hybridized carbons (Fsp3) is 0.800. The second-order valence-corrected chi connectivity index (χ2v) is 3.68. The van der Waals surface area contributed by atoms with E-state index in [1.807, 2.05) is 13.8 Å². The summed E-state index contributed by atoms with van der Waals surface area (Å²) in [6, 6.07) is -0.629. The molecule has 0 aromatic heterocycles. The van der Waals surface area contributed by atoms with Crippen molar-refractivity contribution in [2.45, 2.75) is 45.7 Å². The zero-order valence-electron chi connectivity index (χ0n) is 9.04. The van der Waals surface area contributed by atoms with Crippen molar-refractivity contribution >= 4 is 11.8 Å². The molecule has 0 spiro atoms. The zero-order valence-corrected chi connectivity index (χ0v) is 9.04. The lowest BCUT2D eigenvalue weighted by atomic mass is 10.1. The van der Waals surface area contributed by atoms with Crippen molar-refractivity contribution in [3.05, 3.63) is 0 Å². The van der Waals surface area contributed by atoms with Crippen molar-refractivity contribution in [2.24, 2.45) is 0 Å². The predicted octanol–water partition coefficient (Wildman–Crippen LogP) is 0.522. The lowest BCUT2D eigenvalue weighted by Crippen LogP contribution is -2.62. The van der Waals surface area contributed by atoms with Gasteiger partial charge in [-0.3, -0.25) is 9.59 Å². The number of carbonyl (C=O) groups is 2. The lowest BCUT2D eigenvalue weighted by molar-refractivity contribution is -0.148. The van der Waals surface area contributed by atoms with Gasteiger partial charge in [-0.25, -0.2) is 0 Å². The van der Waals surface area contributed by atoms with Crippen molar-refractivity contribution in [1.82, 2.24) is 10.2 Å². The summed E-state index contributed by atoms with van der Waals surface area (Å²) >= 11 is 0. The van der Waals surface area contributed by atoms with Crippen LogP contribution in [0, 0.1) is 0 Å². The van der Waals surface area contributed by atoms with E-state index in [0.717, 1.165) is 6.42 Å². The number of hydrogen-bond donors (Lipinski definition) is 1. The van der Waals surface area contributed by atoms with E-state index in [0.29, 0.717) is 13.0 Å². The molecule has 2 amide bonds. The Morgan fingerprint density at radius 3 is 2.50 bits per heavy atom. The number of carbonyl (C=O) groups excluding carboxylic acids is 2. The molecule has 0 bridgehead atoms. The number of hydrogen-bond acceptors (Lipinski definition) is 2. The van der Waals surface area contributed by atoms with Crippen molar-refractivity contribution < 1.29 is 9.59 Å². The van der Waals surface area contributed by atoms with Gasteiger partial charge in [-0.2, -0.15) is 0 Å². The van der Waals surface area contributed by atoms with E-state index in [2.05, 4.69) is 5.32 Å². The van der Waals surface area contributed by atoms with Crippen LogP contribution in [0.5, 0.6) is 0 Å². The van der Waals surface area contributed by atoms with E-state index < -0.39 is 0 Å². The van der Waals surface area contributed by atoms with Gasteiger partial charge in [-0.1, -0.05) is 13.8 Å². The quantitative estimate of drug-likeness (QED) is 0.718. The van der Waals surface area contributed by atoms with Crippen LogP contribution in [0.2, 0.25) is 0 Å². The molecule has 1 heterocycles. The summed E-state index contributed by atoms with van der Waals surface area (Å²) in [6.07, 6.45) is 1.55. The maximum absolute atomic E-state index is 11.8. The van der Waals surface area contributed by atoms with Crippen LogP contribution in [0.15, 0.2) is 0 Å². The normalized spacial score (nSPS) is 27.8. The first-order chi connectivity index (χ1) is 6.61. The van der Waals surface area contributed by atoms with Gasteiger partial charge in [-0.15, -0.1) is 0 Å². The van der Waals surface area contributed by atoms with E-state index >= 15 is 0 Å². The third-order valence-corrected chi connectivity index (χ3v) is 2.62. The molecule has 0 saturated carbocycles. The molecule has 4 nitrogen and oxygen atoms in total. The summed E-state index contributed by atoms with van der Waals surface area (Å²) in [6.45, 7) is 6.36. The predicted molar refractivity (Wildman–Crippen MR) is 53.7 cm³/mol. The molecular weight excluding hydrogens is 180 g/mol. The Balaban J connectivity index is 2.78. The second kappa shape index (κ2) is 4.44. The highest BCUT2D eigenvalue weighted by Gasteiger charge is 2.36. The summed E-state index contributed by atoms with van der Waals surface area (Å²) in [5, 5.41) is 2.72. The van der Waals surface area contributed by atoms with Gasteiger partial charge < -0.3 is 10.2 Å². The molecular formula is C10H18N2O2. The van der Waals surface area contributed by atoms with E-state index in [9.17, 15) is 9.59 Å². The second-order valence-electron chi connectivity index (χ2n) is 3.68. The molecule has 1 N–H and O–H groups in total.